The zero-order chi connectivity index (χ0) is 14.4. The quantitative estimate of drug-likeness (QED) is 0.782. The average Bonchev–Trinajstić information content (AvgIpc) is 2.89. The molecule has 0 bridgehead atoms. The van der Waals surface area contributed by atoms with Crippen LogP contribution in [0, 0.1) is 5.82 Å². The lowest BCUT2D eigenvalue weighted by Crippen LogP contribution is -2.02. The first-order valence-corrected chi connectivity index (χ1v) is 6.96. The fourth-order valence-corrected chi connectivity index (χ4v) is 2.64. The van der Waals surface area contributed by atoms with E-state index in [4.69, 9.17) is 5.73 Å². The van der Waals surface area contributed by atoms with Gasteiger partial charge in [0.2, 0.25) is 5.95 Å². The molecule has 0 saturated carbocycles. The van der Waals surface area contributed by atoms with Crippen LogP contribution in [0.25, 0.3) is 16.7 Å². The van der Waals surface area contributed by atoms with E-state index in [1.165, 1.54) is 6.07 Å². The van der Waals surface area contributed by atoms with E-state index < -0.39 is 0 Å². The second-order valence-electron chi connectivity index (χ2n) is 4.55. The molecule has 0 aliphatic heterocycles. The predicted octanol–water partition coefficient (Wildman–Crippen LogP) is 2.81. The molecule has 20 heavy (non-hydrogen) atoms. The number of halogens is 2. The Morgan fingerprint density at radius 2 is 2.15 bits per heavy atom. The van der Waals surface area contributed by atoms with Gasteiger partial charge in [-0.3, -0.25) is 9.25 Å². The summed E-state index contributed by atoms with van der Waals surface area (Å²) in [4.78, 5) is 4.22. The van der Waals surface area contributed by atoms with Crippen molar-refractivity contribution in [2.75, 3.05) is 5.73 Å². The first-order valence-electron chi connectivity index (χ1n) is 6.17. The van der Waals surface area contributed by atoms with Crippen LogP contribution in [0.4, 0.5) is 10.3 Å². The molecule has 3 rings (SSSR count). The molecule has 2 N–H and O–H groups in total. The number of hydrogen-bond donors (Lipinski definition) is 1. The van der Waals surface area contributed by atoms with Gasteiger partial charge in [-0.25, -0.2) is 9.37 Å². The van der Waals surface area contributed by atoms with E-state index in [2.05, 4.69) is 26.0 Å². The molecular weight excluding hydrogens is 325 g/mol. The maximum absolute atomic E-state index is 13.6. The van der Waals surface area contributed by atoms with Crippen LogP contribution in [-0.2, 0) is 13.5 Å². The molecular formula is C13H13BrFN5. The van der Waals surface area contributed by atoms with Gasteiger partial charge in [0.1, 0.15) is 5.82 Å². The van der Waals surface area contributed by atoms with E-state index in [9.17, 15) is 4.39 Å². The number of imidazole rings is 1. The molecule has 0 aliphatic carbocycles. The van der Waals surface area contributed by atoms with Gasteiger partial charge < -0.3 is 5.73 Å². The summed E-state index contributed by atoms with van der Waals surface area (Å²) in [6.45, 7) is 2.02. The van der Waals surface area contributed by atoms with E-state index in [0.29, 0.717) is 15.9 Å². The fraction of sp³-hybridized carbons (Fsp3) is 0.231. The van der Waals surface area contributed by atoms with Gasteiger partial charge in [-0.1, -0.05) is 6.92 Å². The van der Waals surface area contributed by atoms with Gasteiger partial charge in [0.05, 0.1) is 26.9 Å². The first-order chi connectivity index (χ1) is 9.51. The van der Waals surface area contributed by atoms with Crippen LogP contribution in [0.5, 0.6) is 0 Å². The number of anilines is 1. The largest absolute Gasteiger partial charge is 0.369 e. The third-order valence-electron chi connectivity index (χ3n) is 3.18. The molecule has 7 heteroatoms. The second kappa shape index (κ2) is 4.59. The molecule has 0 unspecified atom stereocenters. The number of aromatic nitrogens is 4. The van der Waals surface area contributed by atoms with E-state index in [1.807, 2.05) is 20.2 Å². The molecule has 0 aliphatic rings. The molecule has 0 radical (unpaired) electrons. The maximum atomic E-state index is 13.6. The topological polar surface area (TPSA) is 61.7 Å². The van der Waals surface area contributed by atoms with Crippen molar-refractivity contribution in [1.29, 1.82) is 0 Å². The molecule has 5 nitrogen and oxygen atoms in total. The van der Waals surface area contributed by atoms with Gasteiger partial charge in [-0.2, -0.15) is 5.10 Å². The number of benzene rings is 1. The number of nitrogens with two attached hydrogens (primary N) is 1. The smallest absolute Gasteiger partial charge is 0.206 e. The molecule has 2 aromatic heterocycles. The monoisotopic (exact) mass is 337 g/mol. The highest BCUT2D eigenvalue weighted by molar-refractivity contribution is 9.10. The van der Waals surface area contributed by atoms with Crippen molar-refractivity contribution in [3.63, 3.8) is 0 Å². The van der Waals surface area contributed by atoms with Crippen LogP contribution >= 0.6 is 15.9 Å². The van der Waals surface area contributed by atoms with Crippen LogP contribution in [0.2, 0.25) is 0 Å². The molecule has 0 fully saturated rings. The molecule has 2 heterocycles. The standard InChI is InChI=1S/C13H13BrFN5/c1-3-9-12(6-19(2)18-9)20-11-4-7(14)8(15)5-10(11)17-13(20)16/h4-6H,3H2,1-2H3,(H2,16,17). The summed E-state index contributed by atoms with van der Waals surface area (Å²) < 4.78 is 17.5. The number of nitrogens with zero attached hydrogens (tertiary/aromatic N) is 4. The van der Waals surface area contributed by atoms with Crippen molar-refractivity contribution in [3.8, 4) is 5.69 Å². The molecule has 0 saturated heterocycles. The van der Waals surface area contributed by atoms with E-state index >= 15 is 0 Å². The Balaban J connectivity index is 2.35. The molecule has 0 amide bonds. The minimum atomic E-state index is -0.357. The predicted molar refractivity (Wildman–Crippen MR) is 79.3 cm³/mol. The zero-order valence-corrected chi connectivity index (χ0v) is 12.6. The normalized spacial score (nSPS) is 11.4. The number of aryl methyl sites for hydroxylation is 2. The van der Waals surface area contributed by atoms with Crippen LogP contribution in [-0.4, -0.2) is 19.3 Å². The van der Waals surface area contributed by atoms with Crippen LogP contribution in [0.15, 0.2) is 22.8 Å². The maximum Gasteiger partial charge on any atom is 0.206 e. The summed E-state index contributed by atoms with van der Waals surface area (Å²) in [6, 6.07) is 3.05. The Morgan fingerprint density at radius 3 is 2.85 bits per heavy atom. The van der Waals surface area contributed by atoms with Crippen molar-refractivity contribution < 1.29 is 4.39 Å². The number of nitrogen functional groups attached to an aromatic ring is 1. The molecule has 1 aromatic carbocycles. The number of rotatable bonds is 2. The van der Waals surface area contributed by atoms with Gasteiger partial charge in [-0.05, 0) is 28.4 Å². The van der Waals surface area contributed by atoms with Crippen molar-refractivity contribution in [3.05, 3.63) is 34.3 Å². The Bertz CT molecular complexity index is 805. The van der Waals surface area contributed by atoms with E-state index in [0.717, 1.165) is 23.3 Å². The van der Waals surface area contributed by atoms with E-state index in [1.54, 1.807) is 15.3 Å². The van der Waals surface area contributed by atoms with Gasteiger partial charge in [0, 0.05) is 19.3 Å². The van der Waals surface area contributed by atoms with Gasteiger partial charge in [0.25, 0.3) is 0 Å². The van der Waals surface area contributed by atoms with Gasteiger partial charge >= 0.3 is 0 Å². The molecule has 0 spiro atoms. The minimum absolute atomic E-state index is 0.320. The molecule has 3 aromatic rings. The second-order valence-corrected chi connectivity index (χ2v) is 5.40. The summed E-state index contributed by atoms with van der Waals surface area (Å²) in [5.74, 6) is -0.0377. The SMILES string of the molecule is CCc1nn(C)cc1-n1c(N)nc2cc(F)c(Br)cc21. The highest BCUT2D eigenvalue weighted by Crippen LogP contribution is 2.29. The Hall–Kier alpha value is -1.89. The van der Waals surface area contributed by atoms with Crippen molar-refractivity contribution in [1.82, 2.24) is 19.3 Å². The third-order valence-corrected chi connectivity index (χ3v) is 3.79. The van der Waals surface area contributed by atoms with Crippen molar-refractivity contribution in [2.24, 2.45) is 7.05 Å². The van der Waals surface area contributed by atoms with Gasteiger partial charge in [0.15, 0.2) is 0 Å². The lowest BCUT2D eigenvalue weighted by Gasteiger charge is -2.05. The summed E-state index contributed by atoms with van der Waals surface area (Å²) in [5, 5.41) is 4.40. The first kappa shape index (κ1) is 13.1. The summed E-state index contributed by atoms with van der Waals surface area (Å²) in [7, 11) is 1.85. The fourth-order valence-electron chi connectivity index (χ4n) is 2.31. The molecule has 104 valence electrons. The summed E-state index contributed by atoms with van der Waals surface area (Å²) in [6.07, 6.45) is 2.66. The average molecular weight is 338 g/mol. The number of hydrogen-bond acceptors (Lipinski definition) is 3. The summed E-state index contributed by atoms with van der Waals surface area (Å²) >= 11 is 3.20. The van der Waals surface area contributed by atoms with Crippen LogP contribution in [0.3, 0.4) is 0 Å². The van der Waals surface area contributed by atoms with Crippen molar-refractivity contribution in [2.45, 2.75) is 13.3 Å². The van der Waals surface area contributed by atoms with Crippen LogP contribution < -0.4 is 5.73 Å². The number of fused-ring (bicyclic) bond motifs is 1. The molecule has 0 atom stereocenters. The lowest BCUT2D eigenvalue weighted by molar-refractivity contribution is 0.623. The zero-order valence-electron chi connectivity index (χ0n) is 11.1. The minimum Gasteiger partial charge on any atom is -0.369 e. The van der Waals surface area contributed by atoms with E-state index in [-0.39, 0.29) is 5.82 Å². The van der Waals surface area contributed by atoms with Gasteiger partial charge in [-0.15, -0.1) is 0 Å². The Labute approximate surface area is 123 Å². The Morgan fingerprint density at radius 1 is 1.40 bits per heavy atom. The van der Waals surface area contributed by atoms with Crippen molar-refractivity contribution >= 4 is 32.9 Å². The highest BCUT2D eigenvalue weighted by Gasteiger charge is 2.17. The Kier molecular flexibility index (Phi) is 3.01. The third kappa shape index (κ3) is 1.89. The lowest BCUT2D eigenvalue weighted by atomic mass is 10.2. The highest BCUT2D eigenvalue weighted by atomic mass is 79.9. The van der Waals surface area contributed by atoms with Crippen LogP contribution in [0.1, 0.15) is 12.6 Å². The summed E-state index contributed by atoms with van der Waals surface area (Å²) in [5.41, 5.74) is 9.05.